The Balaban J connectivity index is 2.72. The van der Waals surface area contributed by atoms with Gasteiger partial charge in [-0.3, -0.25) is 0 Å². The van der Waals surface area contributed by atoms with Crippen LogP contribution in [0.5, 0.6) is 0 Å². The van der Waals surface area contributed by atoms with Crippen LogP contribution in [0.1, 0.15) is 0 Å². The fourth-order valence-electron chi connectivity index (χ4n) is 0.583. The van der Waals surface area contributed by atoms with E-state index in [0.29, 0.717) is 13.2 Å². The topological polar surface area (TPSA) is 43.4 Å². The first-order chi connectivity index (χ1) is 4.13. The molecule has 54 valence electrons. The van der Waals surface area contributed by atoms with Gasteiger partial charge in [0, 0.05) is 0 Å². The normalized spacial score (nSPS) is 34.1. The van der Waals surface area contributed by atoms with Gasteiger partial charge in [0.1, 0.15) is 3.26 Å². The second-order valence-electron chi connectivity index (χ2n) is 1.85. The van der Waals surface area contributed by atoms with Crippen molar-refractivity contribution >= 4 is 32.4 Å². The molecule has 3 nitrogen and oxygen atoms in total. The summed E-state index contributed by atoms with van der Waals surface area (Å²) in [5.74, 6) is 0.181. The summed E-state index contributed by atoms with van der Waals surface area (Å²) in [6.45, 7) is 0.713. The van der Waals surface area contributed by atoms with Gasteiger partial charge < -0.3 is 4.74 Å². The maximum atomic E-state index is 10.9. The molecule has 9 heavy (non-hydrogen) atoms. The molecular formula is C4H7IO3S. The monoisotopic (exact) mass is 262 g/mol. The van der Waals surface area contributed by atoms with E-state index >= 15 is 0 Å². The van der Waals surface area contributed by atoms with E-state index < -0.39 is 9.84 Å². The molecular weight excluding hydrogens is 255 g/mol. The van der Waals surface area contributed by atoms with Gasteiger partial charge in [-0.25, -0.2) is 8.42 Å². The number of ether oxygens (including phenoxy) is 1. The van der Waals surface area contributed by atoms with Gasteiger partial charge in [-0.05, 0) is 0 Å². The van der Waals surface area contributed by atoms with Crippen molar-refractivity contribution in [2.75, 3.05) is 19.0 Å². The predicted molar refractivity (Wildman–Crippen MR) is 42.4 cm³/mol. The third kappa shape index (κ3) is 1.78. The van der Waals surface area contributed by atoms with Crippen molar-refractivity contribution in [1.82, 2.24) is 0 Å². The van der Waals surface area contributed by atoms with Crippen LogP contribution in [0.3, 0.4) is 0 Å². The Morgan fingerprint density at radius 3 is 2.56 bits per heavy atom. The van der Waals surface area contributed by atoms with Crippen molar-refractivity contribution in [2.24, 2.45) is 0 Å². The zero-order valence-electron chi connectivity index (χ0n) is 4.71. The SMILES string of the molecule is O=S1(=O)CCOCC1I. The molecule has 0 bridgehead atoms. The molecule has 0 amide bonds. The Morgan fingerprint density at radius 1 is 1.56 bits per heavy atom. The van der Waals surface area contributed by atoms with Crippen molar-refractivity contribution in [1.29, 1.82) is 0 Å². The molecule has 0 aromatic carbocycles. The molecule has 1 fully saturated rings. The number of alkyl halides is 1. The molecule has 0 aliphatic carbocycles. The smallest absolute Gasteiger partial charge is 0.166 e. The number of hydrogen-bond donors (Lipinski definition) is 0. The molecule has 1 rings (SSSR count). The van der Waals surface area contributed by atoms with Crippen LogP contribution in [0.25, 0.3) is 0 Å². The van der Waals surface area contributed by atoms with Crippen molar-refractivity contribution in [3.05, 3.63) is 0 Å². The number of hydrogen-bond acceptors (Lipinski definition) is 3. The third-order valence-electron chi connectivity index (χ3n) is 1.15. The summed E-state index contributed by atoms with van der Waals surface area (Å²) in [6.07, 6.45) is 0. The highest BCUT2D eigenvalue weighted by molar-refractivity contribution is 14.1. The van der Waals surface area contributed by atoms with Gasteiger partial charge in [-0.2, -0.15) is 0 Å². The van der Waals surface area contributed by atoms with Crippen molar-refractivity contribution in [3.63, 3.8) is 0 Å². The van der Waals surface area contributed by atoms with Crippen molar-refractivity contribution in [2.45, 2.75) is 3.26 Å². The molecule has 0 N–H and O–H groups in total. The maximum Gasteiger partial charge on any atom is 0.166 e. The first-order valence-electron chi connectivity index (χ1n) is 2.56. The second-order valence-corrected chi connectivity index (χ2v) is 6.50. The van der Waals surface area contributed by atoms with Gasteiger partial charge in [-0.1, -0.05) is 22.6 Å². The largest absolute Gasteiger partial charge is 0.378 e. The average Bonchev–Trinajstić information content (AvgIpc) is 1.77. The highest BCUT2D eigenvalue weighted by Crippen LogP contribution is 2.15. The second kappa shape index (κ2) is 2.71. The van der Waals surface area contributed by atoms with Gasteiger partial charge in [0.2, 0.25) is 0 Å². The number of halogens is 1. The zero-order valence-corrected chi connectivity index (χ0v) is 7.68. The lowest BCUT2D eigenvalue weighted by molar-refractivity contribution is 0.153. The average molecular weight is 262 g/mol. The lowest BCUT2D eigenvalue weighted by Gasteiger charge is -2.16. The summed E-state index contributed by atoms with van der Waals surface area (Å²) in [4.78, 5) is 0. The molecule has 0 saturated carbocycles. The molecule has 5 heteroatoms. The molecule has 0 aromatic heterocycles. The minimum Gasteiger partial charge on any atom is -0.378 e. The molecule has 1 unspecified atom stereocenters. The third-order valence-corrected chi connectivity index (χ3v) is 5.49. The van der Waals surface area contributed by atoms with Crippen LogP contribution in [0, 0.1) is 0 Å². The summed E-state index contributed by atoms with van der Waals surface area (Å²) < 4.78 is 26.4. The van der Waals surface area contributed by atoms with Gasteiger partial charge in [0.25, 0.3) is 0 Å². The fraction of sp³-hybridized carbons (Fsp3) is 1.00. The van der Waals surface area contributed by atoms with Crippen LogP contribution in [0.2, 0.25) is 0 Å². The first kappa shape index (κ1) is 7.74. The minimum atomic E-state index is -2.80. The summed E-state index contributed by atoms with van der Waals surface area (Å²) >= 11 is 1.89. The van der Waals surface area contributed by atoms with E-state index in [0.717, 1.165) is 0 Å². The van der Waals surface area contributed by atoms with E-state index in [9.17, 15) is 8.42 Å². The van der Waals surface area contributed by atoms with Gasteiger partial charge in [-0.15, -0.1) is 0 Å². The summed E-state index contributed by atoms with van der Waals surface area (Å²) in [5, 5.41) is 0. The maximum absolute atomic E-state index is 10.9. The lowest BCUT2D eigenvalue weighted by atomic mass is 10.8. The van der Waals surface area contributed by atoms with Crippen molar-refractivity contribution < 1.29 is 13.2 Å². The Bertz CT molecular complexity index is 186. The molecule has 1 aliphatic rings. The summed E-state index contributed by atoms with van der Waals surface area (Å²) in [5.41, 5.74) is 0. The Hall–Kier alpha value is 0.640. The summed E-state index contributed by atoms with van der Waals surface area (Å²) in [7, 11) is -2.80. The zero-order chi connectivity index (χ0) is 6.91. The Morgan fingerprint density at radius 2 is 2.22 bits per heavy atom. The van der Waals surface area contributed by atoms with Crippen LogP contribution in [0.15, 0.2) is 0 Å². The molecule has 1 aliphatic heterocycles. The van der Waals surface area contributed by atoms with E-state index in [4.69, 9.17) is 4.74 Å². The molecule has 1 atom stereocenters. The quantitative estimate of drug-likeness (QED) is 0.462. The standard InChI is InChI=1S/C4H7IO3S/c5-4-3-8-1-2-9(4,6)7/h4H,1-3H2. The fourth-order valence-corrected chi connectivity index (χ4v) is 2.51. The minimum absolute atomic E-state index is 0.181. The van der Waals surface area contributed by atoms with Gasteiger partial charge >= 0.3 is 0 Å². The highest BCUT2D eigenvalue weighted by atomic mass is 127. The van der Waals surface area contributed by atoms with Gasteiger partial charge in [0.15, 0.2) is 9.84 Å². The molecule has 1 heterocycles. The van der Waals surface area contributed by atoms with Crippen LogP contribution in [0.4, 0.5) is 0 Å². The van der Waals surface area contributed by atoms with Gasteiger partial charge in [0.05, 0.1) is 19.0 Å². The first-order valence-corrected chi connectivity index (χ1v) is 5.52. The molecule has 0 spiro atoms. The summed E-state index contributed by atoms with van der Waals surface area (Å²) in [6, 6.07) is 0. The van der Waals surface area contributed by atoms with E-state index in [2.05, 4.69) is 0 Å². The number of rotatable bonds is 0. The molecule has 1 saturated heterocycles. The van der Waals surface area contributed by atoms with Crippen molar-refractivity contribution in [3.8, 4) is 0 Å². The van der Waals surface area contributed by atoms with E-state index in [-0.39, 0.29) is 9.01 Å². The predicted octanol–water partition coefficient (Wildman–Crippen LogP) is 0.193. The van der Waals surface area contributed by atoms with Crippen LogP contribution >= 0.6 is 22.6 Å². The van der Waals surface area contributed by atoms with E-state index in [1.54, 1.807) is 0 Å². The Kier molecular flexibility index (Phi) is 2.33. The Labute approximate surface area is 67.8 Å². The highest BCUT2D eigenvalue weighted by Gasteiger charge is 2.26. The van der Waals surface area contributed by atoms with E-state index in [1.807, 2.05) is 22.6 Å². The number of sulfone groups is 1. The van der Waals surface area contributed by atoms with Crippen LogP contribution in [-0.2, 0) is 14.6 Å². The van der Waals surface area contributed by atoms with Crippen LogP contribution < -0.4 is 0 Å². The lowest BCUT2D eigenvalue weighted by Crippen LogP contribution is -2.31. The molecule has 0 radical (unpaired) electrons. The molecule has 0 aromatic rings. The van der Waals surface area contributed by atoms with Crippen LogP contribution in [-0.4, -0.2) is 30.6 Å². The van der Waals surface area contributed by atoms with E-state index in [1.165, 1.54) is 0 Å².